The monoisotopic (exact) mass is 289 g/mol. The SMILES string of the molecule is COc1cccc(OC)c1C(=O)NCc1ccccc1F. The van der Waals surface area contributed by atoms with Crippen LogP contribution in [0.5, 0.6) is 11.5 Å². The number of nitrogens with one attached hydrogen (secondary N) is 1. The van der Waals surface area contributed by atoms with E-state index in [-0.39, 0.29) is 18.3 Å². The summed E-state index contributed by atoms with van der Waals surface area (Å²) in [7, 11) is 2.95. The molecule has 0 aliphatic heterocycles. The Morgan fingerprint density at radius 2 is 1.67 bits per heavy atom. The molecule has 0 aliphatic rings. The van der Waals surface area contributed by atoms with Crippen LogP contribution in [0.4, 0.5) is 4.39 Å². The highest BCUT2D eigenvalue weighted by Gasteiger charge is 2.18. The predicted molar refractivity (Wildman–Crippen MR) is 77.1 cm³/mol. The summed E-state index contributed by atoms with van der Waals surface area (Å²) < 4.78 is 23.9. The molecule has 2 aromatic rings. The number of carbonyl (C=O) groups excluding carboxylic acids is 1. The number of halogens is 1. The van der Waals surface area contributed by atoms with Gasteiger partial charge in [-0.15, -0.1) is 0 Å². The second kappa shape index (κ2) is 6.74. The average molecular weight is 289 g/mol. The van der Waals surface area contributed by atoms with Crippen LogP contribution < -0.4 is 14.8 Å². The molecule has 0 radical (unpaired) electrons. The van der Waals surface area contributed by atoms with Crippen LogP contribution >= 0.6 is 0 Å². The van der Waals surface area contributed by atoms with Gasteiger partial charge in [0, 0.05) is 12.1 Å². The van der Waals surface area contributed by atoms with E-state index in [1.54, 1.807) is 36.4 Å². The van der Waals surface area contributed by atoms with Gasteiger partial charge in [0.05, 0.1) is 14.2 Å². The largest absolute Gasteiger partial charge is 0.496 e. The minimum absolute atomic E-state index is 0.0900. The second-order valence-electron chi connectivity index (χ2n) is 4.31. The normalized spacial score (nSPS) is 10.0. The van der Waals surface area contributed by atoms with Gasteiger partial charge in [-0.25, -0.2) is 4.39 Å². The lowest BCUT2D eigenvalue weighted by Crippen LogP contribution is -2.24. The molecule has 1 amide bonds. The lowest BCUT2D eigenvalue weighted by atomic mass is 10.1. The van der Waals surface area contributed by atoms with Crippen molar-refractivity contribution in [1.82, 2.24) is 5.32 Å². The molecule has 0 heterocycles. The third-order valence-electron chi connectivity index (χ3n) is 3.05. The van der Waals surface area contributed by atoms with Gasteiger partial charge >= 0.3 is 0 Å². The van der Waals surface area contributed by atoms with Crippen LogP contribution in [0.2, 0.25) is 0 Å². The van der Waals surface area contributed by atoms with Crippen LogP contribution in [0.1, 0.15) is 15.9 Å². The van der Waals surface area contributed by atoms with E-state index in [2.05, 4.69) is 5.32 Å². The molecule has 0 spiro atoms. The highest BCUT2D eigenvalue weighted by Crippen LogP contribution is 2.28. The first-order chi connectivity index (χ1) is 10.2. The Labute approximate surface area is 122 Å². The molecule has 0 fully saturated rings. The average Bonchev–Trinajstić information content (AvgIpc) is 2.52. The van der Waals surface area contributed by atoms with Crippen molar-refractivity contribution in [1.29, 1.82) is 0 Å². The molecular formula is C16H16FNO3. The molecule has 4 nitrogen and oxygen atoms in total. The summed E-state index contributed by atoms with van der Waals surface area (Å²) >= 11 is 0. The zero-order valence-electron chi connectivity index (χ0n) is 11.9. The van der Waals surface area contributed by atoms with E-state index in [4.69, 9.17) is 9.47 Å². The number of benzene rings is 2. The maximum absolute atomic E-state index is 13.5. The Bertz CT molecular complexity index is 621. The molecule has 2 aromatic carbocycles. The zero-order chi connectivity index (χ0) is 15.2. The standard InChI is InChI=1S/C16H16FNO3/c1-20-13-8-5-9-14(21-2)15(13)16(19)18-10-11-6-3-4-7-12(11)17/h3-9H,10H2,1-2H3,(H,18,19). The zero-order valence-corrected chi connectivity index (χ0v) is 11.9. The molecule has 2 rings (SSSR count). The van der Waals surface area contributed by atoms with Gasteiger partial charge in [0.2, 0.25) is 0 Å². The summed E-state index contributed by atoms with van der Waals surface area (Å²) in [5.74, 6) is 0.0677. The molecule has 1 N–H and O–H groups in total. The van der Waals surface area contributed by atoms with Crippen LogP contribution in [-0.4, -0.2) is 20.1 Å². The van der Waals surface area contributed by atoms with Crippen LogP contribution in [0.3, 0.4) is 0 Å². The van der Waals surface area contributed by atoms with E-state index in [9.17, 15) is 9.18 Å². The van der Waals surface area contributed by atoms with Crippen molar-refractivity contribution >= 4 is 5.91 Å². The summed E-state index contributed by atoms with van der Waals surface area (Å²) in [6.07, 6.45) is 0. The fourth-order valence-electron chi connectivity index (χ4n) is 1.98. The first-order valence-corrected chi connectivity index (χ1v) is 6.40. The van der Waals surface area contributed by atoms with Crippen molar-refractivity contribution in [3.63, 3.8) is 0 Å². The van der Waals surface area contributed by atoms with E-state index in [0.717, 1.165) is 0 Å². The van der Waals surface area contributed by atoms with Crippen LogP contribution in [0.25, 0.3) is 0 Å². The minimum Gasteiger partial charge on any atom is -0.496 e. The lowest BCUT2D eigenvalue weighted by molar-refractivity contribution is 0.0944. The van der Waals surface area contributed by atoms with Crippen molar-refractivity contribution in [3.05, 3.63) is 59.4 Å². The predicted octanol–water partition coefficient (Wildman–Crippen LogP) is 2.77. The number of carbonyl (C=O) groups is 1. The van der Waals surface area contributed by atoms with Crippen LogP contribution in [0.15, 0.2) is 42.5 Å². The quantitative estimate of drug-likeness (QED) is 0.920. The van der Waals surface area contributed by atoms with Crippen molar-refractivity contribution in [3.8, 4) is 11.5 Å². The van der Waals surface area contributed by atoms with E-state index in [0.29, 0.717) is 22.6 Å². The lowest BCUT2D eigenvalue weighted by Gasteiger charge is -2.13. The Hall–Kier alpha value is -2.56. The van der Waals surface area contributed by atoms with Gasteiger partial charge in [-0.3, -0.25) is 4.79 Å². The van der Waals surface area contributed by atoms with E-state index < -0.39 is 0 Å². The maximum Gasteiger partial charge on any atom is 0.259 e. The van der Waals surface area contributed by atoms with E-state index >= 15 is 0 Å². The Morgan fingerprint density at radius 1 is 1.05 bits per heavy atom. The highest BCUT2D eigenvalue weighted by molar-refractivity contribution is 5.99. The number of methoxy groups -OCH3 is 2. The van der Waals surface area contributed by atoms with Gasteiger partial charge in [-0.2, -0.15) is 0 Å². The Balaban J connectivity index is 2.19. The fourth-order valence-corrected chi connectivity index (χ4v) is 1.98. The summed E-state index contributed by atoms with van der Waals surface area (Å²) in [5.41, 5.74) is 0.707. The topological polar surface area (TPSA) is 47.6 Å². The highest BCUT2D eigenvalue weighted by atomic mass is 19.1. The third-order valence-corrected chi connectivity index (χ3v) is 3.05. The Kier molecular flexibility index (Phi) is 4.77. The van der Waals surface area contributed by atoms with Crippen LogP contribution in [0, 0.1) is 5.82 Å². The molecule has 5 heteroatoms. The number of hydrogen-bond acceptors (Lipinski definition) is 3. The Morgan fingerprint density at radius 3 is 2.24 bits per heavy atom. The summed E-state index contributed by atoms with van der Waals surface area (Å²) in [6.45, 7) is 0.0900. The number of rotatable bonds is 5. The summed E-state index contributed by atoms with van der Waals surface area (Å²) in [4.78, 5) is 12.3. The van der Waals surface area contributed by atoms with Crippen LogP contribution in [-0.2, 0) is 6.54 Å². The van der Waals surface area contributed by atoms with Gasteiger partial charge in [-0.05, 0) is 18.2 Å². The smallest absolute Gasteiger partial charge is 0.259 e. The molecule has 0 aliphatic carbocycles. The van der Waals surface area contributed by atoms with E-state index in [1.165, 1.54) is 20.3 Å². The van der Waals surface area contributed by atoms with Gasteiger partial charge in [0.25, 0.3) is 5.91 Å². The van der Waals surface area contributed by atoms with Crippen molar-refractivity contribution < 1.29 is 18.7 Å². The number of ether oxygens (including phenoxy) is 2. The third kappa shape index (κ3) is 3.31. The van der Waals surface area contributed by atoms with Crippen molar-refractivity contribution in [2.75, 3.05) is 14.2 Å². The first-order valence-electron chi connectivity index (χ1n) is 6.40. The maximum atomic E-state index is 13.5. The summed E-state index contributed by atoms with van der Waals surface area (Å²) in [6, 6.07) is 11.4. The number of hydrogen-bond donors (Lipinski definition) is 1. The first kappa shape index (κ1) is 14.8. The van der Waals surface area contributed by atoms with Gasteiger partial charge in [0.1, 0.15) is 22.9 Å². The minimum atomic E-state index is -0.382. The molecule has 0 bridgehead atoms. The van der Waals surface area contributed by atoms with Crippen molar-refractivity contribution in [2.24, 2.45) is 0 Å². The molecule has 0 atom stereocenters. The van der Waals surface area contributed by atoms with Gasteiger partial charge < -0.3 is 14.8 Å². The number of amides is 1. The molecule has 110 valence electrons. The summed E-state index contributed by atoms with van der Waals surface area (Å²) in [5, 5.41) is 2.67. The molecular weight excluding hydrogens is 273 g/mol. The van der Waals surface area contributed by atoms with E-state index in [1.807, 2.05) is 0 Å². The molecule has 0 saturated heterocycles. The van der Waals surface area contributed by atoms with Gasteiger partial charge in [-0.1, -0.05) is 24.3 Å². The molecule has 21 heavy (non-hydrogen) atoms. The molecule has 0 saturated carbocycles. The van der Waals surface area contributed by atoms with Crippen molar-refractivity contribution in [2.45, 2.75) is 6.54 Å². The molecule has 0 aromatic heterocycles. The fraction of sp³-hybridized carbons (Fsp3) is 0.188. The second-order valence-corrected chi connectivity index (χ2v) is 4.31. The van der Waals surface area contributed by atoms with Gasteiger partial charge in [0.15, 0.2) is 0 Å². The molecule has 0 unspecified atom stereocenters.